The van der Waals surface area contributed by atoms with E-state index in [1.807, 2.05) is 30.3 Å². The highest BCUT2D eigenvalue weighted by molar-refractivity contribution is 5.72. The fourth-order valence-electron chi connectivity index (χ4n) is 1.38. The number of aromatic nitrogens is 2. The van der Waals surface area contributed by atoms with Crippen LogP contribution in [0.15, 0.2) is 49.1 Å². The van der Waals surface area contributed by atoms with Crippen LogP contribution >= 0.6 is 0 Å². The summed E-state index contributed by atoms with van der Waals surface area (Å²) in [6.45, 7) is 0.299. The molecule has 0 saturated heterocycles. The Kier molecular flexibility index (Phi) is 3.81. The molecule has 1 heterocycles. The molecule has 2 rings (SSSR count). The molecule has 0 N–H and O–H groups in total. The molecule has 0 unspecified atom stereocenters. The second-order valence-corrected chi connectivity index (χ2v) is 3.57. The lowest BCUT2D eigenvalue weighted by Gasteiger charge is -2.04. The van der Waals surface area contributed by atoms with Gasteiger partial charge in [-0.05, 0) is 11.1 Å². The first kappa shape index (κ1) is 11.3. The molecule has 4 nitrogen and oxygen atoms in total. The molecule has 17 heavy (non-hydrogen) atoms. The number of esters is 1. The molecule has 0 amide bonds. The summed E-state index contributed by atoms with van der Waals surface area (Å²) in [6, 6.07) is 9.58. The van der Waals surface area contributed by atoms with E-state index in [1.54, 1.807) is 12.4 Å². The zero-order valence-corrected chi connectivity index (χ0v) is 9.24. The van der Waals surface area contributed by atoms with E-state index in [-0.39, 0.29) is 12.4 Å². The Morgan fingerprint density at radius 1 is 1.06 bits per heavy atom. The zero-order chi connectivity index (χ0) is 11.9. The van der Waals surface area contributed by atoms with Crippen LogP contribution < -0.4 is 0 Å². The summed E-state index contributed by atoms with van der Waals surface area (Å²) in [5.41, 5.74) is 1.73. The van der Waals surface area contributed by atoms with Gasteiger partial charge >= 0.3 is 5.97 Å². The van der Waals surface area contributed by atoms with Crippen LogP contribution in [-0.4, -0.2) is 15.9 Å². The molecule has 0 fully saturated rings. The van der Waals surface area contributed by atoms with Crippen LogP contribution in [0.3, 0.4) is 0 Å². The molecule has 0 saturated carbocycles. The number of carbonyl (C=O) groups excluding carboxylic acids is 1. The third-order valence-corrected chi connectivity index (χ3v) is 2.21. The summed E-state index contributed by atoms with van der Waals surface area (Å²) in [7, 11) is 0. The molecule has 1 aromatic carbocycles. The Balaban J connectivity index is 1.83. The Labute approximate surface area is 99.3 Å². The van der Waals surface area contributed by atoms with E-state index in [9.17, 15) is 4.79 Å². The van der Waals surface area contributed by atoms with Gasteiger partial charge in [0.15, 0.2) is 0 Å². The molecular weight excluding hydrogens is 216 g/mol. The lowest BCUT2D eigenvalue weighted by molar-refractivity contribution is -0.144. The lowest BCUT2D eigenvalue weighted by atomic mass is 10.2. The van der Waals surface area contributed by atoms with Crippen LogP contribution in [0.4, 0.5) is 0 Å². The monoisotopic (exact) mass is 228 g/mol. The maximum atomic E-state index is 11.5. The zero-order valence-electron chi connectivity index (χ0n) is 9.24. The highest BCUT2D eigenvalue weighted by Gasteiger charge is 2.05. The number of hydrogen-bond acceptors (Lipinski definition) is 4. The molecule has 0 aliphatic carbocycles. The van der Waals surface area contributed by atoms with Crippen LogP contribution in [-0.2, 0) is 22.6 Å². The second-order valence-electron chi connectivity index (χ2n) is 3.57. The van der Waals surface area contributed by atoms with Gasteiger partial charge in [0.25, 0.3) is 0 Å². The number of carbonyl (C=O) groups is 1. The Morgan fingerprint density at radius 2 is 1.76 bits per heavy atom. The van der Waals surface area contributed by atoms with Crippen LogP contribution in [0.1, 0.15) is 11.1 Å². The highest BCUT2D eigenvalue weighted by atomic mass is 16.5. The van der Waals surface area contributed by atoms with Crippen molar-refractivity contribution in [3.8, 4) is 0 Å². The van der Waals surface area contributed by atoms with Crippen LogP contribution in [0.2, 0.25) is 0 Å². The quantitative estimate of drug-likeness (QED) is 0.748. The van der Waals surface area contributed by atoms with Crippen molar-refractivity contribution in [2.75, 3.05) is 0 Å². The summed E-state index contributed by atoms with van der Waals surface area (Å²) in [5.74, 6) is -0.274. The van der Waals surface area contributed by atoms with Gasteiger partial charge in [0, 0.05) is 12.4 Å². The largest absolute Gasteiger partial charge is 0.461 e. The van der Waals surface area contributed by atoms with Gasteiger partial charge in [-0.2, -0.15) is 0 Å². The van der Waals surface area contributed by atoms with Crippen molar-refractivity contribution in [2.45, 2.75) is 13.0 Å². The number of rotatable bonds is 4. The molecule has 0 radical (unpaired) electrons. The van der Waals surface area contributed by atoms with Gasteiger partial charge in [-0.1, -0.05) is 30.3 Å². The molecule has 0 aliphatic rings. The predicted molar refractivity (Wildman–Crippen MR) is 62.0 cm³/mol. The van der Waals surface area contributed by atoms with Crippen molar-refractivity contribution >= 4 is 5.97 Å². The number of nitrogens with zero attached hydrogens (tertiary/aromatic N) is 2. The Bertz CT molecular complexity index is 471. The maximum absolute atomic E-state index is 11.5. The van der Waals surface area contributed by atoms with Gasteiger partial charge in [0.2, 0.25) is 0 Å². The normalized spacial score (nSPS) is 9.88. The van der Waals surface area contributed by atoms with E-state index in [1.165, 1.54) is 6.33 Å². The summed E-state index contributed by atoms with van der Waals surface area (Å²) >= 11 is 0. The van der Waals surface area contributed by atoms with E-state index >= 15 is 0 Å². The molecule has 86 valence electrons. The number of benzene rings is 1. The maximum Gasteiger partial charge on any atom is 0.310 e. The van der Waals surface area contributed by atoms with Crippen molar-refractivity contribution in [2.24, 2.45) is 0 Å². The molecule has 0 spiro atoms. The summed E-state index contributed by atoms with van der Waals surface area (Å²) < 4.78 is 5.14. The van der Waals surface area contributed by atoms with Crippen molar-refractivity contribution in [1.29, 1.82) is 0 Å². The van der Waals surface area contributed by atoms with Crippen LogP contribution in [0.25, 0.3) is 0 Å². The van der Waals surface area contributed by atoms with Gasteiger partial charge < -0.3 is 4.74 Å². The Hall–Kier alpha value is -2.23. The van der Waals surface area contributed by atoms with E-state index < -0.39 is 0 Å². The minimum absolute atomic E-state index is 0.202. The third kappa shape index (κ3) is 3.68. The predicted octanol–water partition coefficient (Wildman–Crippen LogP) is 1.76. The van der Waals surface area contributed by atoms with Gasteiger partial charge in [0.1, 0.15) is 12.9 Å². The fourth-order valence-corrected chi connectivity index (χ4v) is 1.38. The highest BCUT2D eigenvalue weighted by Crippen LogP contribution is 2.03. The molecule has 0 bridgehead atoms. The first-order valence-corrected chi connectivity index (χ1v) is 5.28. The van der Waals surface area contributed by atoms with Gasteiger partial charge in [-0.25, -0.2) is 9.97 Å². The second kappa shape index (κ2) is 5.75. The van der Waals surface area contributed by atoms with Gasteiger partial charge in [0.05, 0.1) is 6.42 Å². The van der Waals surface area contributed by atoms with Gasteiger partial charge in [-0.15, -0.1) is 0 Å². The Morgan fingerprint density at radius 3 is 2.47 bits per heavy atom. The molecule has 2 aromatic rings. The molecule has 0 atom stereocenters. The van der Waals surface area contributed by atoms with Crippen molar-refractivity contribution < 1.29 is 9.53 Å². The first-order chi connectivity index (χ1) is 8.34. The van der Waals surface area contributed by atoms with E-state index in [2.05, 4.69) is 9.97 Å². The van der Waals surface area contributed by atoms with Crippen LogP contribution in [0, 0.1) is 0 Å². The average molecular weight is 228 g/mol. The number of hydrogen-bond donors (Lipinski definition) is 0. The smallest absolute Gasteiger partial charge is 0.310 e. The SMILES string of the molecule is O=C(Cc1cncnc1)OCc1ccccc1. The lowest BCUT2D eigenvalue weighted by Crippen LogP contribution is -2.08. The molecule has 4 heteroatoms. The average Bonchev–Trinajstić information content (AvgIpc) is 2.39. The molecule has 1 aromatic heterocycles. The number of ether oxygens (including phenoxy) is 1. The first-order valence-electron chi connectivity index (χ1n) is 5.28. The standard InChI is InChI=1S/C13H12N2O2/c16-13(6-12-7-14-10-15-8-12)17-9-11-4-2-1-3-5-11/h1-5,7-8,10H,6,9H2. The molecular formula is C13H12N2O2. The van der Waals surface area contributed by atoms with E-state index in [0.717, 1.165) is 11.1 Å². The van der Waals surface area contributed by atoms with Crippen molar-refractivity contribution in [1.82, 2.24) is 9.97 Å². The van der Waals surface area contributed by atoms with Crippen molar-refractivity contribution in [3.63, 3.8) is 0 Å². The summed E-state index contributed by atoms with van der Waals surface area (Å²) in [6.07, 6.45) is 4.85. The van der Waals surface area contributed by atoms with Crippen LogP contribution in [0.5, 0.6) is 0 Å². The minimum Gasteiger partial charge on any atom is -0.461 e. The summed E-state index contributed by atoms with van der Waals surface area (Å²) in [5, 5.41) is 0. The third-order valence-electron chi connectivity index (χ3n) is 2.21. The molecule has 0 aliphatic heterocycles. The van der Waals surface area contributed by atoms with E-state index in [0.29, 0.717) is 6.61 Å². The fraction of sp³-hybridized carbons (Fsp3) is 0.154. The van der Waals surface area contributed by atoms with Crippen molar-refractivity contribution in [3.05, 3.63) is 60.2 Å². The minimum atomic E-state index is -0.274. The van der Waals surface area contributed by atoms with E-state index in [4.69, 9.17) is 4.74 Å². The summed E-state index contributed by atoms with van der Waals surface area (Å²) in [4.78, 5) is 19.2. The topological polar surface area (TPSA) is 52.1 Å². The van der Waals surface area contributed by atoms with Gasteiger partial charge in [-0.3, -0.25) is 4.79 Å².